The largest absolute Gasteiger partial charge is 0.496 e. The van der Waals surface area contributed by atoms with E-state index >= 15 is 0 Å². The van der Waals surface area contributed by atoms with E-state index in [1.54, 1.807) is 14.0 Å². The van der Waals surface area contributed by atoms with Crippen LogP contribution < -0.4 is 14.8 Å². The molecule has 0 unspecified atom stereocenters. The first-order valence-corrected chi connectivity index (χ1v) is 17.0. The second-order valence-corrected chi connectivity index (χ2v) is 12.8. The number of para-hydroxylation sites is 1. The highest BCUT2D eigenvalue weighted by Crippen LogP contribution is 2.34. The van der Waals surface area contributed by atoms with E-state index < -0.39 is 12.1 Å². The number of aliphatic carboxylic acids is 1. The van der Waals surface area contributed by atoms with Crippen molar-refractivity contribution in [3.8, 4) is 11.5 Å². The molecule has 0 saturated carbocycles. The number of carboxylic acid groups (broad SMARTS) is 1. The Kier molecular flexibility index (Phi) is 14.2. The number of likely N-dealkylation sites (N-methyl/N-ethyl adjacent to an activating group) is 1. The minimum absolute atomic E-state index is 0.00883. The molecule has 280 valence electrons. The number of piperazine rings is 1. The highest BCUT2D eigenvalue weighted by molar-refractivity contribution is 5.84. The molecule has 2 aliphatic heterocycles. The van der Waals surface area contributed by atoms with Gasteiger partial charge in [0, 0.05) is 57.7 Å². The number of carbonyl (C=O) groups excluding carboxylic acids is 2. The van der Waals surface area contributed by atoms with Gasteiger partial charge in [0.25, 0.3) is 0 Å². The molecule has 0 aliphatic carbocycles. The van der Waals surface area contributed by atoms with E-state index in [4.69, 9.17) is 24.1 Å². The van der Waals surface area contributed by atoms with E-state index in [0.29, 0.717) is 39.5 Å². The van der Waals surface area contributed by atoms with Gasteiger partial charge in [-0.25, -0.2) is 4.79 Å². The first kappa shape index (κ1) is 39.9. The number of ether oxygens (including phenoxy) is 3. The van der Waals surface area contributed by atoms with Crippen LogP contribution in [0.1, 0.15) is 49.3 Å². The van der Waals surface area contributed by atoms with Crippen molar-refractivity contribution < 1.29 is 46.9 Å². The lowest BCUT2D eigenvalue weighted by atomic mass is 9.83. The summed E-state index contributed by atoms with van der Waals surface area (Å²) in [5, 5.41) is 10.9. The average molecular weight is 726 g/mol. The zero-order valence-electron chi connectivity index (χ0n) is 29.8. The molecule has 52 heavy (non-hydrogen) atoms. The molecule has 0 aromatic heterocycles. The number of methoxy groups -OCH3 is 1. The number of nitrogens with one attached hydrogen (secondary N) is 1. The van der Waals surface area contributed by atoms with Crippen LogP contribution in [0.3, 0.4) is 0 Å². The molecule has 1 saturated heterocycles. The third-order valence-corrected chi connectivity index (χ3v) is 9.04. The molecule has 3 aromatic rings. The topological polar surface area (TPSA) is 118 Å². The zero-order valence-corrected chi connectivity index (χ0v) is 29.8. The summed E-state index contributed by atoms with van der Waals surface area (Å²) in [5.74, 6) is -1.19. The summed E-state index contributed by atoms with van der Waals surface area (Å²) >= 11 is 0. The summed E-state index contributed by atoms with van der Waals surface area (Å²) in [7, 11) is 3.54. The molecule has 1 fully saturated rings. The van der Waals surface area contributed by atoms with Gasteiger partial charge >= 0.3 is 12.1 Å². The van der Waals surface area contributed by atoms with Gasteiger partial charge in [-0.2, -0.15) is 13.2 Å². The third-order valence-electron chi connectivity index (χ3n) is 9.04. The maximum absolute atomic E-state index is 13.5. The van der Waals surface area contributed by atoms with E-state index in [0.717, 1.165) is 46.6 Å². The number of alkyl halides is 3. The van der Waals surface area contributed by atoms with Gasteiger partial charge in [-0.15, -0.1) is 0 Å². The van der Waals surface area contributed by atoms with Gasteiger partial charge in [0.2, 0.25) is 11.8 Å². The monoisotopic (exact) mass is 725 g/mol. The lowest BCUT2D eigenvalue weighted by Gasteiger charge is -2.45. The number of rotatable bonds is 13. The second-order valence-electron chi connectivity index (χ2n) is 12.8. The lowest BCUT2D eigenvalue weighted by Crippen LogP contribution is -2.61. The fraction of sp³-hybridized carbons (Fsp3) is 0.410. The quantitative estimate of drug-likeness (QED) is 0.209. The van der Waals surface area contributed by atoms with Gasteiger partial charge in [0.15, 0.2) is 0 Å². The number of fused-ring (bicyclic) bond motifs is 2. The van der Waals surface area contributed by atoms with Crippen LogP contribution in [0, 0.1) is 0 Å². The minimum atomic E-state index is -5.08. The summed E-state index contributed by atoms with van der Waals surface area (Å²) < 4.78 is 49.0. The molecule has 2 heterocycles. The predicted molar refractivity (Wildman–Crippen MR) is 190 cm³/mol. The van der Waals surface area contributed by atoms with E-state index in [9.17, 15) is 22.8 Å². The number of nitrogens with zero attached hydrogens (tertiary/aromatic N) is 2. The van der Waals surface area contributed by atoms with Crippen molar-refractivity contribution >= 4 is 23.4 Å². The first-order chi connectivity index (χ1) is 24.8. The summed E-state index contributed by atoms with van der Waals surface area (Å²) in [6.07, 6.45) is -3.52. The summed E-state index contributed by atoms with van der Waals surface area (Å²) in [6, 6.07) is 26.2. The first-order valence-electron chi connectivity index (χ1n) is 17.0. The molecule has 2 bridgehead atoms. The Labute approximate surface area is 302 Å². The number of hydrogen-bond acceptors (Lipinski definition) is 7. The number of carboxylic acids is 1. The fourth-order valence-corrected chi connectivity index (χ4v) is 6.29. The van der Waals surface area contributed by atoms with Crippen LogP contribution in [0.25, 0.3) is 5.57 Å². The number of hydrogen-bond donors (Lipinski definition) is 2. The van der Waals surface area contributed by atoms with Gasteiger partial charge in [-0.3, -0.25) is 9.59 Å². The molecule has 10 nitrogen and oxygen atoms in total. The van der Waals surface area contributed by atoms with Gasteiger partial charge in [0.05, 0.1) is 32.8 Å². The molecule has 0 spiro atoms. The normalized spacial score (nSPS) is 17.4. The summed E-state index contributed by atoms with van der Waals surface area (Å²) in [6.45, 7) is 7.02. The molecule has 2 amide bonds. The van der Waals surface area contributed by atoms with Crippen LogP contribution >= 0.6 is 0 Å². The number of amides is 2. The minimum Gasteiger partial charge on any atom is -0.496 e. The summed E-state index contributed by atoms with van der Waals surface area (Å²) in [4.78, 5) is 38.5. The van der Waals surface area contributed by atoms with Gasteiger partial charge in [0.1, 0.15) is 11.5 Å². The Morgan fingerprint density at radius 2 is 1.63 bits per heavy atom. The SMILES string of the molecule is COc1ccccc1COCCCOc1ccc(C2=C(CN(C)C(=O)[C@@H](C)c3ccccc3)[C@H]3CN(C(C)=O)C[C@@H](C2)N3)cc1.O=C(O)C(F)(F)F. The van der Waals surface area contributed by atoms with Crippen molar-refractivity contribution in [2.24, 2.45) is 0 Å². The predicted octanol–water partition coefficient (Wildman–Crippen LogP) is 5.92. The second kappa shape index (κ2) is 18.6. The van der Waals surface area contributed by atoms with E-state index in [-0.39, 0.29) is 29.8 Å². The van der Waals surface area contributed by atoms with Crippen LogP contribution in [0.2, 0.25) is 0 Å². The van der Waals surface area contributed by atoms with Crippen LogP contribution in [-0.4, -0.2) is 98.0 Å². The van der Waals surface area contributed by atoms with Crippen molar-refractivity contribution in [2.75, 3.05) is 47.0 Å². The average Bonchev–Trinajstić information content (AvgIpc) is 3.13. The molecule has 3 aromatic carbocycles. The Morgan fingerprint density at radius 3 is 2.27 bits per heavy atom. The maximum Gasteiger partial charge on any atom is 0.490 e. The van der Waals surface area contributed by atoms with E-state index in [2.05, 4.69) is 17.4 Å². The number of carbonyl (C=O) groups is 3. The van der Waals surface area contributed by atoms with Gasteiger partial charge in [-0.05, 0) is 53.8 Å². The van der Waals surface area contributed by atoms with Crippen LogP contribution in [0.5, 0.6) is 11.5 Å². The van der Waals surface area contributed by atoms with Crippen molar-refractivity contribution in [3.63, 3.8) is 0 Å². The highest BCUT2D eigenvalue weighted by atomic mass is 19.4. The highest BCUT2D eigenvalue weighted by Gasteiger charge is 2.39. The maximum atomic E-state index is 13.5. The number of halogens is 3. The zero-order chi connectivity index (χ0) is 37.8. The Balaban J connectivity index is 0.000000785. The smallest absolute Gasteiger partial charge is 0.490 e. The van der Waals surface area contributed by atoms with Gasteiger partial charge in [-0.1, -0.05) is 60.7 Å². The Hall–Kier alpha value is -4.88. The van der Waals surface area contributed by atoms with Crippen LogP contribution in [0.4, 0.5) is 13.2 Å². The van der Waals surface area contributed by atoms with E-state index in [1.807, 2.05) is 90.5 Å². The molecule has 0 radical (unpaired) electrons. The van der Waals surface area contributed by atoms with Crippen molar-refractivity contribution in [2.45, 2.75) is 57.5 Å². The lowest BCUT2D eigenvalue weighted by molar-refractivity contribution is -0.192. The Bertz CT molecular complexity index is 1680. The van der Waals surface area contributed by atoms with E-state index in [1.165, 1.54) is 5.57 Å². The Morgan fingerprint density at radius 1 is 0.981 bits per heavy atom. The summed E-state index contributed by atoms with van der Waals surface area (Å²) in [5.41, 5.74) is 5.57. The fourth-order valence-electron chi connectivity index (χ4n) is 6.29. The molecule has 3 atom stereocenters. The molecule has 13 heteroatoms. The molecule has 2 N–H and O–H groups in total. The van der Waals surface area contributed by atoms with Crippen molar-refractivity contribution in [3.05, 3.63) is 101 Å². The molecule has 5 rings (SSSR count). The van der Waals surface area contributed by atoms with Crippen molar-refractivity contribution in [1.29, 1.82) is 0 Å². The number of benzene rings is 3. The van der Waals surface area contributed by atoms with Gasteiger partial charge < -0.3 is 34.4 Å². The standard InChI is InChI=1S/C37H45N3O5.C2HF3O2/c1-26(28-11-6-5-7-12-28)37(42)39(3)23-34-33(21-31-22-40(27(2)41)24-35(34)38-31)29-15-17-32(18-16-29)45-20-10-19-44-25-30-13-8-9-14-36(30)43-4;3-2(4,5)1(6)7/h5-9,11-18,26,31,35,38H,10,19-25H2,1-4H3;(H,6,7)/t26-,31+,35+;/m0./s1. The molecule has 2 aliphatic rings. The van der Waals surface area contributed by atoms with Crippen LogP contribution in [-0.2, 0) is 25.7 Å². The molecular weight excluding hydrogens is 679 g/mol. The van der Waals surface area contributed by atoms with Crippen molar-refractivity contribution in [1.82, 2.24) is 15.1 Å². The molecular formula is C39H46F3N3O7. The van der Waals surface area contributed by atoms with Crippen LogP contribution in [0.15, 0.2) is 84.4 Å². The third kappa shape index (κ3) is 11.1.